The van der Waals surface area contributed by atoms with E-state index in [2.05, 4.69) is 0 Å². The number of ether oxygens (including phenoxy) is 1. The molecule has 134 valence electrons. The zero-order chi connectivity index (χ0) is 17.8. The standard InChI is InChI=1S/C19H24N2O4/c20-18(23)16-7-3-4-10-21(16)17(22)12-25-19(24)15-9-8-13-5-1-2-6-14(13)11-15/h8-9,11,16H,1-7,10,12H2,(H2,20,23)/t16-/m0/s1. The number of primary amides is 1. The highest BCUT2D eigenvalue weighted by atomic mass is 16.5. The molecular weight excluding hydrogens is 320 g/mol. The number of likely N-dealkylation sites (tertiary alicyclic amines) is 1. The van der Waals surface area contributed by atoms with E-state index >= 15 is 0 Å². The van der Waals surface area contributed by atoms with E-state index in [9.17, 15) is 14.4 Å². The molecule has 3 rings (SSSR count). The Balaban J connectivity index is 1.60. The maximum atomic E-state index is 12.3. The van der Waals surface area contributed by atoms with Gasteiger partial charge in [0.2, 0.25) is 5.91 Å². The Morgan fingerprint density at radius 2 is 1.84 bits per heavy atom. The van der Waals surface area contributed by atoms with Gasteiger partial charge in [-0.25, -0.2) is 4.79 Å². The van der Waals surface area contributed by atoms with Crippen LogP contribution in [0.4, 0.5) is 0 Å². The number of rotatable bonds is 4. The molecule has 0 radical (unpaired) electrons. The van der Waals surface area contributed by atoms with Gasteiger partial charge >= 0.3 is 5.97 Å². The highest BCUT2D eigenvalue weighted by molar-refractivity contribution is 5.92. The predicted molar refractivity (Wildman–Crippen MR) is 91.9 cm³/mol. The van der Waals surface area contributed by atoms with Gasteiger partial charge in [0.25, 0.3) is 5.91 Å². The second-order valence-corrected chi connectivity index (χ2v) is 6.77. The lowest BCUT2D eigenvalue weighted by atomic mass is 9.90. The topological polar surface area (TPSA) is 89.7 Å². The number of aryl methyl sites for hydroxylation is 2. The Kier molecular flexibility index (Phi) is 5.36. The maximum Gasteiger partial charge on any atom is 0.338 e. The SMILES string of the molecule is NC(=O)[C@@H]1CCCCN1C(=O)COC(=O)c1ccc2c(c1)CCCC2. The minimum absolute atomic E-state index is 0.361. The molecule has 25 heavy (non-hydrogen) atoms. The van der Waals surface area contributed by atoms with Gasteiger partial charge in [0.1, 0.15) is 6.04 Å². The first-order valence-corrected chi connectivity index (χ1v) is 8.94. The van der Waals surface area contributed by atoms with Gasteiger partial charge in [0.05, 0.1) is 5.56 Å². The summed E-state index contributed by atoms with van der Waals surface area (Å²) in [5.41, 5.74) is 8.32. The van der Waals surface area contributed by atoms with E-state index in [-0.39, 0.29) is 12.5 Å². The number of nitrogens with two attached hydrogens (primary N) is 1. The number of piperidine rings is 1. The summed E-state index contributed by atoms with van der Waals surface area (Å²) < 4.78 is 5.18. The van der Waals surface area contributed by atoms with Gasteiger partial charge in [-0.1, -0.05) is 6.07 Å². The highest BCUT2D eigenvalue weighted by Crippen LogP contribution is 2.22. The Hall–Kier alpha value is -2.37. The van der Waals surface area contributed by atoms with Gasteiger partial charge in [-0.15, -0.1) is 0 Å². The van der Waals surface area contributed by atoms with E-state index in [1.165, 1.54) is 22.4 Å². The summed E-state index contributed by atoms with van der Waals surface area (Å²) in [4.78, 5) is 37.5. The van der Waals surface area contributed by atoms with Gasteiger partial charge in [-0.3, -0.25) is 9.59 Å². The number of nitrogens with zero attached hydrogens (tertiary/aromatic N) is 1. The van der Waals surface area contributed by atoms with Crippen molar-refractivity contribution in [1.82, 2.24) is 4.90 Å². The lowest BCUT2D eigenvalue weighted by Crippen LogP contribution is -2.51. The quantitative estimate of drug-likeness (QED) is 0.840. The summed E-state index contributed by atoms with van der Waals surface area (Å²) in [6.45, 7) is 0.114. The lowest BCUT2D eigenvalue weighted by Gasteiger charge is -2.33. The minimum atomic E-state index is -0.594. The fourth-order valence-electron chi connectivity index (χ4n) is 3.68. The Morgan fingerprint density at radius 3 is 2.60 bits per heavy atom. The summed E-state index contributed by atoms with van der Waals surface area (Å²) in [5.74, 6) is -1.38. The number of benzene rings is 1. The van der Waals surface area contributed by atoms with Crippen molar-refractivity contribution in [3.05, 3.63) is 34.9 Å². The summed E-state index contributed by atoms with van der Waals surface area (Å²) in [7, 11) is 0. The summed E-state index contributed by atoms with van der Waals surface area (Å²) in [6.07, 6.45) is 6.60. The van der Waals surface area contributed by atoms with Crippen molar-refractivity contribution in [2.24, 2.45) is 5.73 Å². The molecule has 2 N–H and O–H groups in total. The average molecular weight is 344 g/mol. The van der Waals surface area contributed by atoms with Crippen LogP contribution in [0.25, 0.3) is 0 Å². The molecule has 6 heteroatoms. The number of carbonyl (C=O) groups is 3. The average Bonchev–Trinajstić information content (AvgIpc) is 2.65. The normalized spacial score (nSPS) is 19.8. The molecule has 1 aromatic rings. The molecule has 1 aromatic carbocycles. The molecule has 2 aliphatic rings. The molecule has 0 bridgehead atoms. The zero-order valence-corrected chi connectivity index (χ0v) is 14.3. The molecule has 1 saturated heterocycles. The number of hydrogen-bond acceptors (Lipinski definition) is 4. The minimum Gasteiger partial charge on any atom is -0.452 e. The molecule has 1 aliphatic carbocycles. The van der Waals surface area contributed by atoms with Crippen LogP contribution in [-0.2, 0) is 27.2 Å². The van der Waals surface area contributed by atoms with Crippen molar-refractivity contribution < 1.29 is 19.1 Å². The summed E-state index contributed by atoms with van der Waals surface area (Å²) in [5, 5.41) is 0. The van der Waals surface area contributed by atoms with Gasteiger partial charge < -0.3 is 15.4 Å². The molecule has 1 atom stereocenters. The van der Waals surface area contributed by atoms with Crippen molar-refractivity contribution in [3.63, 3.8) is 0 Å². The van der Waals surface area contributed by atoms with Gasteiger partial charge in [0.15, 0.2) is 6.61 Å². The number of esters is 1. The largest absolute Gasteiger partial charge is 0.452 e. The first-order valence-electron chi connectivity index (χ1n) is 8.94. The van der Waals surface area contributed by atoms with Crippen LogP contribution < -0.4 is 5.73 Å². The smallest absolute Gasteiger partial charge is 0.338 e. The van der Waals surface area contributed by atoms with Crippen LogP contribution in [0.15, 0.2) is 18.2 Å². The molecule has 1 fully saturated rings. The van der Waals surface area contributed by atoms with Gasteiger partial charge in [-0.2, -0.15) is 0 Å². The molecular formula is C19H24N2O4. The van der Waals surface area contributed by atoms with E-state index in [0.717, 1.165) is 32.1 Å². The Morgan fingerprint density at radius 1 is 1.08 bits per heavy atom. The third-order valence-electron chi connectivity index (χ3n) is 5.06. The van der Waals surface area contributed by atoms with Crippen LogP contribution in [-0.4, -0.2) is 41.9 Å². The molecule has 0 unspecified atom stereocenters. The van der Waals surface area contributed by atoms with Crippen molar-refractivity contribution in [3.8, 4) is 0 Å². The van der Waals surface area contributed by atoms with E-state index in [0.29, 0.717) is 18.5 Å². The van der Waals surface area contributed by atoms with Crippen LogP contribution in [0.5, 0.6) is 0 Å². The number of amides is 2. The first kappa shape index (κ1) is 17.5. The molecule has 0 aromatic heterocycles. The fraction of sp³-hybridized carbons (Fsp3) is 0.526. The maximum absolute atomic E-state index is 12.3. The van der Waals surface area contributed by atoms with Crippen LogP contribution in [0.2, 0.25) is 0 Å². The first-order chi connectivity index (χ1) is 12.1. The summed E-state index contributed by atoms with van der Waals surface area (Å²) >= 11 is 0. The lowest BCUT2D eigenvalue weighted by molar-refractivity contribution is -0.143. The van der Waals surface area contributed by atoms with Gasteiger partial charge in [-0.05, 0) is 68.2 Å². The van der Waals surface area contributed by atoms with E-state index in [1.54, 1.807) is 6.07 Å². The van der Waals surface area contributed by atoms with Crippen molar-refractivity contribution in [2.75, 3.05) is 13.2 Å². The van der Waals surface area contributed by atoms with Crippen LogP contribution in [0.3, 0.4) is 0 Å². The molecule has 0 spiro atoms. The van der Waals surface area contributed by atoms with Gasteiger partial charge in [0, 0.05) is 6.54 Å². The Labute approximate surface area is 147 Å². The second-order valence-electron chi connectivity index (χ2n) is 6.77. The number of carbonyl (C=O) groups excluding carboxylic acids is 3. The molecule has 2 amide bonds. The predicted octanol–water partition coefficient (Wildman–Crippen LogP) is 1.59. The monoisotopic (exact) mass is 344 g/mol. The third-order valence-corrected chi connectivity index (χ3v) is 5.06. The molecule has 1 aliphatic heterocycles. The van der Waals surface area contributed by atoms with E-state index in [4.69, 9.17) is 10.5 Å². The van der Waals surface area contributed by atoms with Crippen LogP contribution in [0.1, 0.15) is 53.6 Å². The van der Waals surface area contributed by atoms with Crippen LogP contribution in [0, 0.1) is 0 Å². The van der Waals surface area contributed by atoms with Crippen LogP contribution >= 0.6 is 0 Å². The molecule has 1 heterocycles. The molecule has 6 nitrogen and oxygen atoms in total. The number of fused-ring (bicyclic) bond motifs is 1. The fourth-order valence-corrected chi connectivity index (χ4v) is 3.68. The van der Waals surface area contributed by atoms with Crippen molar-refractivity contribution in [2.45, 2.75) is 51.0 Å². The van der Waals surface area contributed by atoms with Crippen molar-refractivity contribution >= 4 is 17.8 Å². The second kappa shape index (κ2) is 7.68. The molecule has 0 saturated carbocycles. The number of hydrogen-bond donors (Lipinski definition) is 1. The summed E-state index contributed by atoms with van der Waals surface area (Å²) in [6, 6.07) is 5.00. The Bertz CT molecular complexity index is 686. The van der Waals surface area contributed by atoms with E-state index < -0.39 is 17.9 Å². The van der Waals surface area contributed by atoms with Crippen molar-refractivity contribution in [1.29, 1.82) is 0 Å². The highest BCUT2D eigenvalue weighted by Gasteiger charge is 2.31. The third kappa shape index (κ3) is 4.00. The zero-order valence-electron chi connectivity index (χ0n) is 14.3. The van der Waals surface area contributed by atoms with E-state index in [1.807, 2.05) is 12.1 Å².